The van der Waals surface area contributed by atoms with Crippen molar-refractivity contribution in [2.75, 3.05) is 6.61 Å². The molecule has 0 amide bonds. The van der Waals surface area contributed by atoms with E-state index < -0.39 is 11.4 Å². The van der Waals surface area contributed by atoms with E-state index in [1.807, 2.05) is 0 Å². The van der Waals surface area contributed by atoms with Crippen molar-refractivity contribution in [1.29, 1.82) is 0 Å². The molecule has 1 aromatic carbocycles. The highest BCUT2D eigenvalue weighted by atomic mass is 19.1. The minimum absolute atomic E-state index is 0.200. The summed E-state index contributed by atoms with van der Waals surface area (Å²) in [4.78, 5) is 0. The van der Waals surface area contributed by atoms with Crippen LogP contribution in [-0.2, 0) is 6.61 Å². The third-order valence-corrected chi connectivity index (χ3v) is 3.47. The first kappa shape index (κ1) is 13.3. The largest absolute Gasteiger partial charge is 0.490 e. The average Bonchev–Trinajstić information content (AvgIpc) is 2.38. The molecular weight excluding hydrogens is 235 g/mol. The highest BCUT2D eigenvalue weighted by molar-refractivity contribution is 5.33. The summed E-state index contributed by atoms with van der Waals surface area (Å²) in [6.07, 6.45) is 4.65. The van der Waals surface area contributed by atoms with Crippen LogP contribution in [-0.4, -0.2) is 22.4 Å². The summed E-state index contributed by atoms with van der Waals surface area (Å²) in [6, 6.07) is 4.03. The van der Waals surface area contributed by atoms with Crippen LogP contribution < -0.4 is 4.74 Å². The summed E-state index contributed by atoms with van der Waals surface area (Å²) in [5, 5.41) is 19.4. The molecular formula is C14H19FO3. The summed E-state index contributed by atoms with van der Waals surface area (Å²) in [5.41, 5.74) is -0.367. The Balaban J connectivity index is 2.01. The number of rotatable bonds is 4. The first-order valence-electron chi connectivity index (χ1n) is 6.37. The van der Waals surface area contributed by atoms with Gasteiger partial charge in [0.2, 0.25) is 0 Å². The Bertz CT molecular complexity index is 400. The first-order chi connectivity index (χ1) is 8.63. The molecule has 1 aliphatic carbocycles. The summed E-state index contributed by atoms with van der Waals surface area (Å²) < 4.78 is 18.5. The van der Waals surface area contributed by atoms with Gasteiger partial charge in [0.1, 0.15) is 18.2 Å². The van der Waals surface area contributed by atoms with Crippen LogP contribution in [0.5, 0.6) is 5.75 Å². The molecule has 0 aliphatic heterocycles. The Morgan fingerprint density at radius 2 is 1.94 bits per heavy atom. The minimum Gasteiger partial charge on any atom is -0.490 e. The van der Waals surface area contributed by atoms with Crippen molar-refractivity contribution in [3.05, 3.63) is 29.6 Å². The lowest BCUT2D eigenvalue weighted by atomic mass is 9.85. The molecule has 2 rings (SSSR count). The van der Waals surface area contributed by atoms with Crippen LogP contribution in [0.2, 0.25) is 0 Å². The Kier molecular flexibility index (Phi) is 4.19. The fourth-order valence-electron chi connectivity index (χ4n) is 2.38. The molecule has 0 spiro atoms. The summed E-state index contributed by atoms with van der Waals surface area (Å²) in [7, 11) is 0. The van der Waals surface area contributed by atoms with Crippen molar-refractivity contribution in [1.82, 2.24) is 0 Å². The molecule has 0 aromatic heterocycles. The highest BCUT2D eigenvalue weighted by Crippen LogP contribution is 2.29. The molecule has 2 N–H and O–H groups in total. The number of aliphatic hydroxyl groups is 2. The number of halogens is 1. The quantitative estimate of drug-likeness (QED) is 0.867. The zero-order chi connectivity index (χ0) is 13.0. The number of hydrogen-bond donors (Lipinski definition) is 2. The van der Waals surface area contributed by atoms with Gasteiger partial charge in [-0.2, -0.15) is 0 Å². The van der Waals surface area contributed by atoms with Gasteiger partial charge in [-0.3, -0.25) is 0 Å². The molecule has 18 heavy (non-hydrogen) atoms. The van der Waals surface area contributed by atoms with Crippen molar-refractivity contribution in [3.8, 4) is 5.75 Å². The molecule has 4 heteroatoms. The number of aliphatic hydroxyl groups excluding tert-OH is 1. The number of benzene rings is 1. The lowest BCUT2D eigenvalue weighted by Crippen LogP contribution is -2.38. The molecule has 3 nitrogen and oxygen atoms in total. The number of hydrogen-bond acceptors (Lipinski definition) is 3. The van der Waals surface area contributed by atoms with E-state index in [0.717, 1.165) is 32.1 Å². The van der Waals surface area contributed by atoms with Crippen molar-refractivity contribution < 1.29 is 19.3 Å². The fraction of sp³-hybridized carbons (Fsp3) is 0.571. The van der Waals surface area contributed by atoms with E-state index in [1.165, 1.54) is 18.2 Å². The molecule has 0 saturated heterocycles. The van der Waals surface area contributed by atoms with Gasteiger partial charge in [0.15, 0.2) is 0 Å². The Morgan fingerprint density at radius 3 is 2.61 bits per heavy atom. The third-order valence-electron chi connectivity index (χ3n) is 3.47. The van der Waals surface area contributed by atoms with Crippen LogP contribution >= 0.6 is 0 Å². The van der Waals surface area contributed by atoms with Gasteiger partial charge < -0.3 is 14.9 Å². The maximum Gasteiger partial charge on any atom is 0.125 e. The standard InChI is InChI=1S/C14H19FO3/c15-12-4-5-13(11(8-12)9-16)18-10-14(17)6-2-1-3-7-14/h4-5,8,16-17H,1-3,6-7,9-10H2. The van der Waals surface area contributed by atoms with Crippen LogP contribution in [0, 0.1) is 5.82 Å². The molecule has 1 aromatic rings. The molecule has 100 valence electrons. The predicted octanol–water partition coefficient (Wildman–Crippen LogP) is 2.39. The average molecular weight is 254 g/mol. The van der Waals surface area contributed by atoms with Gasteiger partial charge in [-0.1, -0.05) is 19.3 Å². The highest BCUT2D eigenvalue weighted by Gasteiger charge is 2.30. The zero-order valence-corrected chi connectivity index (χ0v) is 10.4. The second-order valence-electron chi connectivity index (χ2n) is 4.98. The predicted molar refractivity (Wildman–Crippen MR) is 65.9 cm³/mol. The molecule has 0 atom stereocenters. The lowest BCUT2D eigenvalue weighted by Gasteiger charge is -2.31. The molecule has 0 heterocycles. The van der Waals surface area contributed by atoms with Crippen LogP contribution in [0.3, 0.4) is 0 Å². The molecule has 0 bridgehead atoms. The van der Waals surface area contributed by atoms with Crippen LogP contribution in [0.25, 0.3) is 0 Å². The maximum absolute atomic E-state index is 13.0. The topological polar surface area (TPSA) is 49.7 Å². The van der Waals surface area contributed by atoms with Crippen LogP contribution in [0.15, 0.2) is 18.2 Å². The molecule has 0 radical (unpaired) electrons. The number of ether oxygens (including phenoxy) is 1. The van der Waals surface area contributed by atoms with Gasteiger partial charge >= 0.3 is 0 Å². The van der Waals surface area contributed by atoms with E-state index in [0.29, 0.717) is 11.3 Å². The van der Waals surface area contributed by atoms with Crippen LogP contribution in [0.4, 0.5) is 4.39 Å². The van der Waals surface area contributed by atoms with Gasteiger partial charge in [0.25, 0.3) is 0 Å². The van der Waals surface area contributed by atoms with E-state index in [-0.39, 0.29) is 13.2 Å². The van der Waals surface area contributed by atoms with Crippen molar-refractivity contribution in [2.24, 2.45) is 0 Å². The molecule has 1 aliphatic rings. The van der Waals surface area contributed by atoms with Gasteiger partial charge in [0, 0.05) is 5.56 Å². The molecule has 0 unspecified atom stereocenters. The van der Waals surface area contributed by atoms with E-state index in [9.17, 15) is 9.50 Å². The zero-order valence-electron chi connectivity index (χ0n) is 10.4. The SMILES string of the molecule is OCc1cc(F)ccc1OCC1(O)CCCCC1. The Morgan fingerprint density at radius 1 is 1.22 bits per heavy atom. The second-order valence-corrected chi connectivity index (χ2v) is 4.98. The van der Waals surface area contributed by atoms with Crippen molar-refractivity contribution in [2.45, 2.75) is 44.3 Å². The van der Waals surface area contributed by atoms with E-state index >= 15 is 0 Å². The summed E-state index contributed by atoms with van der Waals surface area (Å²) in [6.45, 7) is -0.0723. The maximum atomic E-state index is 13.0. The Labute approximate surface area is 106 Å². The summed E-state index contributed by atoms with van der Waals surface area (Å²) >= 11 is 0. The summed E-state index contributed by atoms with van der Waals surface area (Å²) in [5.74, 6) is 0.0423. The second kappa shape index (κ2) is 5.67. The first-order valence-corrected chi connectivity index (χ1v) is 6.37. The normalized spacial score (nSPS) is 18.6. The van der Waals surface area contributed by atoms with Gasteiger partial charge in [-0.25, -0.2) is 4.39 Å². The Hall–Kier alpha value is -1.13. The van der Waals surface area contributed by atoms with Crippen molar-refractivity contribution in [3.63, 3.8) is 0 Å². The van der Waals surface area contributed by atoms with Gasteiger partial charge in [0.05, 0.1) is 12.2 Å². The van der Waals surface area contributed by atoms with Gasteiger partial charge in [-0.15, -0.1) is 0 Å². The monoisotopic (exact) mass is 254 g/mol. The smallest absolute Gasteiger partial charge is 0.125 e. The molecule has 1 saturated carbocycles. The fourth-order valence-corrected chi connectivity index (χ4v) is 2.38. The van der Waals surface area contributed by atoms with Crippen molar-refractivity contribution >= 4 is 0 Å². The third kappa shape index (κ3) is 3.21. The van der Waals surface area contributed by atoms with E-state index in [4.69, 9.17) is 9.84 Å². The van der Waals surface area contributed by atoms with Gasteiger partial charge in [-0.05, 0) is 31.0 Å². The minimum atomic E-state index is -0.778. The van der Waals surface area contributed by atoms with E-state index in [2.05, 4.69) is 0 Å². The van der Waals surface area contributed by atoms with Crippen LogP contribution in [0.1, 0.15) is 37.7 Å². The lowest BCUT2D eigenvalue weighted by molar-refractivity contribution is -0.0343. The van der Waals surface area contributed by atoms with E-state index in [1.54, 1.807) is 0 Å². The molecule has 1 fully saturated rings.